The Labute approximate surface area is 110 Å². The summed E-state index contributed by atoms with van der Waals surface area (Å²) < 4.78 is 0. The maximum Gasteiger partial charge on any atom is 0.0366 e. The predicted molar refractivity (Wildman–Crippen MR) is 80.3 cm³/mol. The van der Waals surface area contributed by atoms with Gasteiger partial charge in [-0.05, 0) is 43.4 Å². The third kappa shape index (κ3) is 4.71. The minimum absolute atomic E-state index is 0.948. The summed E-state index contributed by atoms with van der Waals surface area (Å²) in [6.07, 6.45) is 2.26. The minimum Gasteiger partial charge on any atom is -0.371 e. The molecule has 0 aliphatic heterocycles. The normalized spacial score (nSPS) is 10.4. The quantitative estimate of drug-likeness (QED) is 0.706. The molecule has 0 heterocycles. The van der Waals surface area contributed by atoms with E-state index in [1.807, 2.05) is 0 Å². The van der Waals surface area contributed by atoms with Gasteiger partial charge in [0.25, 0.3) is 0 Å². The van der Waals surface area contributed by atoms with E-state index in [-0.39, 0.29) is 0 Å². The first-order chi connectivity index (χ1) is 7.77. The largest absolute Gasteiger partial charge is 0.371 e. The first-order valence-corrected chi connectivity index (χ1v) is 7.07. The number of benzene rings is 1. The van der Waals surface area contributed by atoms with Gasteiger partial charge in [0.05, 0.1) is 0 Å². The van der Waals surface area contributed by atoms with Crippen molar-refractivity contribution in [3.8, 4) is 0 Å². The molecule has 1 aromatic rings. The van der Waals surface area contributed by atoms with E-state index >= 15 is 0 Å². The van der Waals surface area contributed by atoms with Crippen LogP contribution < -0.4 is 4.90 Å². The summed E-state index contributed by atoms with van der Waals surface area (Å²) in [5, 5.41) is 0. The summed E-state index contributed by atoms with van der Waals surface area (Å²) in [5.41, 5.74) is 2.63. The SMILES string of the molecule is Cc1ccc(N(CCCS)CCCS)cc1. The molecule has 0 radical (unpaired) electrons. The Kier molecular flexibility index (Phi) is 6.81. The van der Waals surface area contributed by atoms with Gasteiger partial charge < -0.3 is 4.90 Å². The molecule has 0 unspecified atom stereocenters. The van der Waals surface area contributed by atoms with E-state index in [4.69, 9.17) is 0 Å². The van der Waals surface area contributed by atoms with E-state index in [1.54, 1.807) is 0 Å². The van der Waals surface area contributed by atoms with Gasteiger partial charge >= 0.3 is 0 Å². The molecule has 0 bridgehead atoms. The van der Waals surface area contributed by atoms with E-state index in [9.17, 15) is 0 Å². The molecule has 1 rings (SSSR count). The Bertz CT molecular complexity index is 276. The summed E-state index contributed by atoms with van der Waals surface area (Å²) >= 11 is 8.55. The lowest BCUT2D eigenvalue weighted by molar-refractivity contribution is 0.753. The van der Waals surface area contributed by atoms with Crippen LogP contribution >= 0.6 is 25.3 Å². The lowest BCUT2D eigenvalue weighted by Crippen LogP contribution is -2.26. The molecule has 1 nitrogen and oxygen atoms in total. The van der Waals surface area contributed by atoms with Crippen molar-refractivity contribution in [2.75, 3.05) is 29.5 Å². The lowest BCUT2D eigenvalue weighted by Gasteiger charge is -2.24. The zero-order valence-corrected chi connectivity index (χ0v) is 11.7. The van der Waals surface area contributed by atoms with Crippen LogP contribution in [0, 0.1) is 6.92 Å². The van der Waals surface area contributed by atoms with E-state index in [1.165, 1.54) is 11.3 Å². The molecule has 0 saturated carbocycles. The molecule has 1 aromatic carbocycles. The molecule has 0 saturated heterocycles. The molecule has 3 heteroatoms. The number of nitrogens with zero attached hydrogens (tertiary/aromatic N) is 1. The van der Waals surface area contributed by atoms with Crippen molar-refractivity contribution < 1.29 is 0 Å². The average Bonchev–Trinajstić information content (AvgIpc) is 2.31. The van der Waals surface area contributed by atoms with Crippen LogP contribution in [0.1, 0.15) is 18.4 Å². The van der Waals surface area contributed by atoms with Gasteiger partial charge in [0, 0.05) is 18.8 Å². The van der Waals surface area contributed by atoms with Gasteiger partial charge in [0.15, 0.2) is 0 Å². The molecule has 0 aliphatic rings. The number of hydrogen-bond acceptors (Lipinski definition) is 3. The van der Waals surface area contributed by atoms with Gasteiger partial charge in [-0.2, -0.15) is 25.3 Å². The maximum absolute atomic E-state index is 4.27. The van der Waals surface area contributed by atoms with Crippen LogP contribution in [-0.2, 0) is 0 Å². The molecule has 90 valence electrons. The topological polar surface area (TPSA) is 3.24 Å². The summed E-state index contributed by atoms with van der Waals surface area (Å²) in [7, 11) is 0. The van der Waals surface area contributed by atoms with E-state index in [2.05, 4.69) is 61.3 Å². The highest BCUT2D eigenvalue weighted by Crippen LogP contribution is 2.16. The lowest BCUT2D eigenvalue weighted by atomic mass is 10.2. The molecular formula is C13H21NS2. The highest BCUT2D eigenvalue weighted by molar-refractivity contribution is 7.80. The van der Waals surface area contributed by atoms with Crippen molar-refractivity contribution >= 4 is 30.9 Å². The van der Waals surface area contributed by atoms with Gasteiger partial charge in [-0.1, -0.05) is 17.7 Å². The molecule has 0 aliphatic carbocycles. The Morgan fingerprint density at radius 1 is 0.938 bits per heavy atom. The van der Waals surface area contributed by atoms with Gasteiger partial charge in [0.2, 0.25) is 0 Å². The van der Waals surface area contributed by atoms with Crippen molar-refractivity contribution in [1.29, 1.82) is 0 Å². The minimum atomic E-state index is 0.948. The third-order valence-electron chi connectivity index (χ3n) is 2.57. The maximum atomic E-state index is 4.27. The average molecular weight is 255 g/mol. The highest BCUT2D eigenvalue weighted by atomic mass is 32.1. The molecule has 0 aromatic heterocycles. The van der Waals surface area contributed by atoms with Crippen molar-refractivity contribution in [2.45, 2.75) is 19.8 Å². The smallest absolute Gasteiger partial charge is 0.0366 e. The molecule has 0 N–H and O–H groups in total. The van der Waals surface area contributed by atoms with Crippen LogP contribution in [0.15, 0.2) is 24.3 Å². The Morgan fingerprint density at radius 3 is 1.88 bits per heavy atom. The van der Waals surface area contributed by atoms with Gasteiger partial charge in [-0.15, -0.1) is 0 Å². The number of aryl methyl sites for hydroxylation is 1. The van der Waals surface area contributed by atoms with Gasteiger partial charge in [-0.25, -0.2) is 0 Å². The monoisotopic (exact) mass is 255 g/mol. The summed E-state index contributed by atoms with van der Waals surface area (Å²) in [4.78, 5) is 2.42. The molecule has 16 heavy (non-hydrogen) atoms. The van der Waals surface area contributed by atoms with Crippen molar-refractivity contribution in [1.82, 2.24) is 0 Å². The fraction of sp³-hybridized carbons (Fsp3) is 0.538. The zero-order valence-electron chi connectivity index (χ0n) is 9.89. The number of thiol groups is 2. The second kappa shape index (κ2) is 7.91. The standard InChI is InChI=1S/C13H21NS2/c1-12-4-6-13(7-5-12)14(8-2-10-15)9-3-11-16/h4-7,15-16H,2-3,8-11H2,1H3. The van der Waals surface area contributed by atoms with Crippen LogP contribution in [0.25, 0.3) is 0 Å². The van der Waals surface area contributed by atoms with Crippen LogP contribution in [0.4, 0.5) is 5.69 Å². The second-order valence-corrected chi connectivity index (χ2v) is 4.87. The Hall–Kier alpha value is -0.280. The van der Waals surface area contributed by atoms with E-state index in [0.29, 0.717) is 0 Å². The Balaban J connectivity index is 2.62. The molecule has 0 atom stereocenters. The van der Waals surface area contributed by atoms with Crippen LogP contribution in [0.3, 0.4) is 0 Å². The van der Waals surface area contributed by atoms with Crippen molar-refractivity contribution in [2.24, 2.45) is 0 Å². The molecule has 0 amide bonds. The van der Waals surface area contributed by atoms with Crippen LogP contribution in [0.2, 0.25) is 0 Å². The zero-order chi connectivity index (χ0) is 11.8. The molecule has 0 spiro atoms. The van der Waals surface area contributed by atoms with Crippen molar-refractivity contribution in [3.05, 3.63) is 29.8 Å². The fourth-order valence-corrected chi connectivity index (χ4v) is 1.93. The number of hydrogen-bond donors (Lipinski definition) is 2. The Morgan fingerprint density at radius 2 is 1.44 bits per heavy atom. The second-order valence-electron chi connectivity index (χ2n) is 3.98. The van der Waals surface area contributed by atoms with Crippen molar-refractivity contribution in [3.63, 3.8) is 0 Å². The first-order valence-electron chi connectivity index (χ1n) is 5.81. The fourth-order valence-electron chi connectivity index (χ4n) is 1.65. The van der Waals surface area contributed by atoms with Crippen LogP contribution in [0.5, 0.6) is 0 Å². The summed E-state index contributed by atoms with van der Waals surface area (Å²) in [5.74, 6) is 1.90. The number of anilines is 1. The third-order valence-corrected chi connectivity index (χ3v) is 3.20. The molecule has 0 fully saturated rings. The molecular weight excluding hydrogens is 234 g/mol. The number of rotatable bonds is 7. The van der Waals surface area contributed by atoms with E-state index in [0.717, 1.165) is 37.4 Å². The van der Waals surface area contributed by atoms with Gasteiger partial charge in [-0.3, -0.25) is 0 Å². The summed E-state index contributed by atoms with van der Waals surface area (Å²) in [6, 6.07) is 8.74. The highest BCUT2D eigenvalue weighted by Gasteiger charge is 2.04. The summed E-state index contributed by atoms with van der Waals surface area (Å²) in [6.45, 7) is 4.29. The van der Waals surface area contributed by atoms with Crippen LogP contribution in [-0.4, -0.2) is 24.6 Å². The first kappa shape index (κ1) is 13.8. The van der Waals surface area contributed by atoms with E-state index < -0.39 is 0 Å². The van der Waals surface area contributed by atoms with Gasteiger partial charge in [0.1, 0.15) is 0 Å². The predicted octanol–water partition coefficient (Wildman–Crippen LogP) is 3.44.